The summed E-state index contributed by atoms with van der Waals surface area (Å²) in [6.07, 6.45) is -0.282. The number of aliphatic hydroxyl groups excluding tert-OH is 2. The lowest BCUT2D eigenvalue weighted by Gasteiger charge is -2.23. The molecule has 5 atom stereocenters. The number of rotatable bonds is 5. The van der Waals surface area contributed by atoms with Gasteiger partial charge in [0.1, 0.15) is 6.10 Å². The number of hydrogen-bond acceptors (Lipinski definition) is 7. The molecule has 162 valence electrons. The van der Waals surface area contributed by atoms with Gasteiger partial charge in [-0.15, -0.1) is 0 Å². The molecule has 1 unspecified atom stereocenters. The molecule has 1 amide bonds. The number of nitrogens with one attached hydrogen (secondary N) is 2. The highest BCUT2D eigenvalue weighted by molar-refractivity contribution is 6.30. The van der Waals surface area contributed by atoms with Gasteiger partial charge in [-0.2, -0.15) is 9.97 Å². The number of anilines is 1. The van der Waals surface area contributed by atoms with E-state index in [1.807, 2.05) is 18.2 Å². The predicted molar refractivity (Wildman–Crippen MR) is 115 cm³/mol. The molecule has 2 fully saturated rings. The lowest BCUT2D eigenvalue weighted by atomic mass is 9.98. The second-order valence-electron chi connectivity index (χ2n) is 8.00. The van der Waals surface area contributed by atoms with Crippen molar-refractivity contribution in [3.63, 3.8) is 0 Å². The molecular weight excluding hydrogens is 443 g/mol. The maximum absolute atomic E-state index is 12.4. The van der Waals surface area contributed by atoms with Crippen molar-refractivity contribution in [1.29, 1.82) is 0 Å². The van der Waals surface area contributed by atoms with E-state index < -0.39 is 23.7 Å². The van der Waals surface area contributed by atoms with Crippen molar-refractivity contribution in [3.05, 3.63) is 46.5 Å². The van der Waals surface area contributed by atoms with Crippen LogP contribution in [-0.4, -0.2) is 54.9 Å². The third kappa shape index (κ3) is 3.07. The number of benzene rings is 1. The number of carbonyl (C=O) groups is 1. The van der Waals surface area contributed by atoms with Gasteiger partial charge in [0.15, 0.2) is 17.0 Å². The van der Waals surface area contributed by atoms with Gasteiger partial charge in [0, 0.05) is 24.5 Å². The smallest absolute Gasteiger partial charge is 0.229 e. The number of fused-ring (bicyclic) bond motifs is 2. The summed E-state index contributed by atoms with van der Waals surface area (Å²) < 4.78 is 1.68. The Morgan fingerprint density at radius 3 is 2.87 bits per heavy atom. The summed E-state index contributed by atoms with van der Waals surface area (Å²) in [4.78, 5) is 25.4. The van der Waals surface area contributed by atoms with E-state index in [0.717, 1.165) is 5.56 Å². The topological polar surface area (TPSA) is 125 Å². The Hall–Kier alpha value is -2.46. The van der Waals surface area contributed by atoms with Crippen molar-refractivity contribution in [3.8, 4) is 0 Å². The molecule has 2 aromatic heterocycles. The van der Waals surface area contributed by atoms with E-state index >= 15 is 0 Å². The van der Waals surface area contributed by atoms with Gasteiger partial charge < -0.3 is 25.4 Å². The Balaban J connectivity index is 1.49. The van der Waals surface area contributed by atoms with E-state index in [4.69, 9.17) is 23.2 Å². The van der Waals surface area contributed by atoms with Crippen LogP contribution in [0.25, 0.3) is 11.2 Å². The normalized spacial score (nSPS) is 29.1. The molecule has 0 radical (unpaired) electrons. The molecule has 5 rings (SSSR count). The Kier molecular flexibility index (Phi) is 4.82. The number of carbonyl (C=O) groups excluding carboxylic acids is 1. The quantitative estimate of drug-likeness (QED) is 0.425. The first-order chi connectivity index (χ1) is 14.9. The fourth-order valence-electron chi connectivity index (χ4n) is 4.85. The molecule has 2 aliphatic rings. The molecule has 31 heavy (non-hydrogen) atoms. The van der Waals surface area contributed by atoms with Crippen LogP contribution in [0, 0.1) is 11.3 Å². The molecule has 0 bridgehead atoms. The standard InChI is InChI=1S/C20H20Cl2N6O3/c1-23-18(31)20-6-11(20)13(14(29)15(20)30)28-8-25-12-16(26-19(22)27-17(12)28)24-7-9-3-2-4-10(21)5-9/h2-5,8,11,13-15,29-30H,6-7H2,1H3,(H,23,31)(H,24,26,27)/t11?,13-,14+,15+,20-/m1/s1. The van der Waals surface area contributed by atoms with E-state index in [9.17, 15) is 15.0 Å². The van der Waals surface area contributed by atoms with E-state index in [2.05, 4.69) is 25.6 Å². The van der Waals surface area contributed by atoms with Crippen LogP contribution in [-0.2, 0) is 11.3 Å². The minimum Gasteiger partial charge on any atom is -0.389 e. The van der Waals surface area contributed by atoms with Gasteiger partial charge >= 0.3 is 0 Å². The van der Waals surface area contributed by atoms with Crippen molar-refractivity contribution < 1.29 is 15.0 Å². The van der Waals surface area contributed by atoms with E-state index in [1.54, 1.807) is 17.0 Å². The van der Waals surface area contributed by atoms with Crippen molar-refractivity contribution >= 4 is 46.1 Å². The Morgan fingerprint density at radius 1 is 1.32 bits per heavy atom. The van der Waals surface area contributed by atoms with Gasteiger partial charge in [0.2, 0.25) is 11.2 Å². The molecule has 0 aliphatic heterocycles. The number of hydrogen-bond donors (Lipinski definition) is 4. The number of halogens is 2. The van der Waals surface area contributed by atoms with Gasteiger partial charge in [-0.25, -0.2) is 4.98 Å². The maximum atomic E-state index is 12.4. The molecule has 2 heterocycles. The zero-order valence-corrected chi connectivity index (χ0v) is 18.0. The van der Waals surface area contributed by atoms with Crippen LogP contribution in [0.15, 0.2) is 30.6 Å². The third-order valence-corrected chi connectivity index (χ3v) is 6.79. The monoisotopic (exact) mass is 462 g/mol. The summed E-state index contributed by atoms with van der Waals surface area (Å²) in [6, 6.07) is 6.88. The summed E-state index contributed by atoms with van der Waals surface area (Å²) in [5.74, 6) is -0.0610. The first-order valence-electron chi connectivity index (χ1n) is 9.83. The van der Waals surface area contributed by atoms with Crippen LogP contribution < -0.4 is 10.6 Å². The molecule has 4 N–H and O–H groups in total. The Bertz CT molecular complexity index is 1190. The van der Waals surface area contributed by atoms with Crippen LogP contribution in [0.2, 0.25) is 10.3 Å². The molecule has 9 nitrogen and oxygen atoms in total. The van der Waals surface area contributed by atoms with Crippen molar-refractivity contribution in [2.24, 2.45) is 11.3 Å². The van der Waals surface area contributed by atoms with Crippen molar-refractivity contribution in [2.45, 2.75) is 31.2 Å². The average Bonchev–Trinajstić information content (AvgIpc) is 3.29. The average molecular weight is 463 g/mol. The van der Waals surface area contributed by atoms with Gasteiger partial charge in [-0.1, -0.05) is 23.7 Å². The van der Waals surface area contributed by atoms with Gasteiger partial charge in [-0.05, 0) is 35.7 Å². The number of amides is 1. The molecule has 1 aromatic carbocycles. The highest BCUT2D eigenvalue weighted by Crippen LogP contribution is 2.67. The number of aromatic nitrogens is 4. The number of imidazole rings is 1. The summed E-state index contributed by atoms with van der Waals surface area (Å²) in [5, 5.41) is 27.8. The second-order valence-corrected chi connectivity index (χ2v) is 8.78. The second kappa shape index (κ2) is 7.30. The summed E-state index contributed by atoms with van der Waals surface area (Å²) in [6.45, 7) is 0.447. The summed E-state index contributed by atoms with van der Waals surface area (Å²) in [5.41, 5.74) is 0.869. The van der Waals surface area contributed by atoms with Gasteiger partial charge in [0.25, 0.3) is 0 Å². The fourth-order valence-corrected chi connectivity index (χ4v) is 5.23. The highest BCUT2D eigenvalue weighted by Gasteiger charge is 2.75. The van der Waals surface area contributed by atoms with Gasteiger partial charge in [0.05, 0.1) is 23.9 Å². The minimum atomic E-state index is -1.17. The van der Waals surface area contributed by atoms with Crippen molar-refractivity contribution in [2.75, 3.05) is 12.4 Å². The summed E-state index contributed by atoms with van der Waals surface area (Å²) in [7, 11) is 1.52. The molecule has 0 spiro atoms. The first kappa shape index (κ1) is 20.4. The molecule has 2 aliphatic carbocycles. The highest BCUT2D eigenvalue weighted by atomic mass is 35.5. The molecule has 0 saturated heterocycles. The zero-order chi connectivity index (χ0) is 21.9. The Morgan fingerprint density at radius 2 is 2.13 bits per heavy atom. The number of nitrogens with zero attached hydrogens (tertiary/aromatic N) is 4. The predicted octanol–water partition coefficient (Wildman–Crippen LogP) is 1.77. The lowest BCUT2D eigenvalue weighted by Crippen LogP contribution is -2.41. The number of aliphatic hydroxyl groups is 2. The minimum absolute atomic E-state index is 0.0178. The van der Waals surface area contributed by atoms with Crippen LogP contribution in [0.1, 0.15) is 18.0 Å². The molecule has 11 heteroatoms. The first-order valence-corrected chi connectivity index (χ1v) is 10.6. The molecular formula is C20H20Cl2N6O3. The van der Waals surface area contributed by atoms with Crippen LogP contribution >= 0.6 is 23.2 Å². The van der Waals surface area contributed by atoms with Crippen LogP contribution in [0.5, 0.6) is 0 Å². The van der Waals surface area contributed by atoms with Crippen molar-refractivity contribution in [1.82, 2.24) is 24.8 Å². The zero-order valence-electron chi connectivity index (χ0n) is 16.5. The van der Waals surface area contributed by atoms with E-state index in [-0.39, 0.29) is 17.1 Å². The van der Waals surface area contributed by atoms with E-state index in [1.165, 1.54) is 7.05 Å². The van der Waals surface area contributed by atoms with Crippen LogP contribution in [0.4, 0.5) is 5.82 Å². The SMILES string of the molecule is CNC(=O)[C@]12CC1[C@@H](n1cnc3c(NCc4cccc(Cl)c4)nc(Cl)nc31)[C@H](O)[C@@H]2O. The fraction of sp³-hybridized carbons (Fsp3) is 0.400. The third-order valence-electron chi connectivity index (χ3n) is 6.39. The van der Waals surface area contributed by atoms with Crippen LogP contribution in [0.3, 0.4) is 0 Å². The van der Waals surface area contributed by atoms with E-state index in [0.29, 0.717) is 35.0 Å². The lowest BCUT2D eigenvalue weighted by molar-refractivity contribution is -0.132. The Labute approximate surface area is 187 Å². The van der Waals surface area contributed by atoms with Gasteiger partial charge in [-0.3, -0.25) is 4.79 Å². The molecule has 2 saturated carbocycles. The molecule has 3 aromatic rings. The maximum Gasteiger partial charge on any atom is 0.229 e. The largest absolute Gasteiger partial charge is 0.389 e. The summed E-state index contributed by atoms with van der Waals surface area (Å²) >= 11 is 12.2.